The summed E-state index contributed by atoms with van der Waals surface area (Å²) in [6, 6.07) is 7.69. The lowest BCUT2D eigenvalue weighted by Crippen LogP contribution is -2.64. The highest BCUT2D eigenvalue weighted by Gasteiger charge is 2.48. The van der Waals surface area contributed by atoms with Gasteiger partial charge >= 0.3 is 0 Å². The Hall–Kier alpha value is -3.09. The van der Waals surface area contributed by atoms with Crippen LogP contribution in [0.1, 0.15) is 73.7 Å². The number of hydrogen-bond donors (Lipinski definition) is 1. The molecule has 1 aliphatic heterocycles. The first kappa shape index (κ1) is 21.7. The molecule has 2 amide bonds. The van der Waals surface area contributed by atoms with Crippen LogP contribution >= 0.6 is 0 Å². The van der Waals surface area contributed by atoms with Crippen molar-refractivity contribution in [2.45, 2.75) is 83.5 Å². The monoisotopic (exact) mass is 448 g/mol. The van der Waals surface area contributed by atoms with Crippen LogP contribution in [-0.2, 0) is 17.9 Å². The van der Waals surface area contributed by atoms with Gasteiger partial charge in [0.2, 0.25) is 5.91 Å². The van der Waals surface area contributed by atoms with E-state index in [0.717, 1.165) is 42.5 Å². The van der Waals surface area contributed by atoms with E-state index < -0.39 is 5.54 Å². The molecule has 7 nitrogen and oxygen atoms in total. The third-order valence-corrected chi connectivity index (χ3v) is 7.23. The second kappa shape index (κ2) is 8.69. The Bertz CT molecular complexity index is 1160. The highest BCUT2D eigenvalue weighted by atomic mass is 16.3. The van der Waals surface area contributed by atoms with Crippen molar-refractivity contribution in [1.29, 1.82) is 0 Å². The van der Waals surface area contributed by atoms with Gasteiger partial charge in [-0.25, -0.2) is 0 Å². The number of pyridine rings is 1. The van der Waals surface area contributed by atoms with Crippen LogP contribution in [0.5, 0.6) is 0 Å². The van der Waals surface area contributed by atoms with E-state index in [1.807, 2.05) is 36.6 Å². The van der Waals surface area contributed by atoms with Crippen LogP contribution in [0.4, 0.5) is 0 Å². The minimum atomic E-state index is -1.03. The quantitative estimate of drug-likeness (QED) is 0.633. The Morgan fingerprint density at radius 3 is 2.70 bits per heavy atom. The molecule has 0 radical (unpaired) electrons. The summed E-state index contributed by atoms with van der Waals surface area (Å²) in [5, 5.41) is 3.32. The minimum Gasteiger partial charge on any atom is -0.460 e. The van der Waals surface area contributed by atoms with Crippen LogP contribution in [0.3, 0.4) is 0 Å². The number of aromatic nitrogens is 2. The van der Waals surface area contributed by atoms with E-state index >= 15 is 0 Å². The van der Waals surface area contributed by atoms with Crippen molar-refractivity contribution in [3.8, 4) is 0 Å². The number of carbonyl (C=O) groups is 2. The van der Waals surface area contributed by atoms with Gasteiger partial charge in [0.1, 0.15) is 17.0 Å². The number of amides is 2. The van der Waals surface area contributed by atoms with Crippen molar-refractivity contribution in [2.24, 2.45) is 0 Å². The number of aryl methyl sites for hydroxylation is 1. The molecule has 5 rings (SSSR count). The number of rotatable bonds is 4. The maximum atomic E-state index is 13.8. The van der Waals surface area contributed by atoms with Crippen molar-refractivity contribution < 1.29 is 14.0 Å². The Labute approximate surface area is 194 Å². The zero-order chi connectivity index (χ0) is 23.0. The molecule has 174 valence electrons. The summed E-state index contributed by atoms with van der Waals surface area (Å²) in [7, 11) is 0. The number of fused-ring (bicyclic) bond motifs is 3. The molecule has 3 aromatic rings. The summed E-state index contributed by atoms with van der Waals surface area (Å²) < 4.78 is 7.75. The molecule has 0 saturated heterocycles. The average molecular weight is 449 g/mol. The van der Waals surface area contributed by atoms with Gasteiger partial charge in [0, 0.05) is 37.1 Å². The van der Waals surface area contributed by atoms with Crippen LogP contribution in [0.2, 0.25) is 0 Å². The van der Waals surface area contributed by atoms with E-state index in [1.54, 1.807) is 23.4 Å². The fraction of sp³-hybridized carbons (Fsp3) is 0.500. The predicted octanol–water partition coefficient (Wildman–Crippen LogP) is 4.58. The fourth-order valence-electron chi connectivity index (χ4n) is 5.32. The van der Waals surface area contributed by atoms with Crippen LogP contribution in [0.15, 0.2) is 41.1 Å². The van der Waals surface area contributed by atoms with Crippen LogP contribution in [-0.4, -0.2) is 37.8 Å². The standard InChI is InChI=1S/C26H32N4O3/c1-18-13-21-23(33-18)14-22-24(31)30(16-19-9-8-12-27-15-19)26(2,17-29(21)22)25(32)28-20-10-6-4-3-5-7-11-20/h8-9,12-15,20H,3-7,10-11,16-17H2,1-2H3,(H,28,32). The summed E-state index contributed by atoms with van der Waals surface area (Å²) in [6.07, 6.45) is 11.5. The van der Waals surface area contributed by atoms with E-state index in [9.17, 15) is 9.59 Å². The molecule has 7 heteroatoms. The average Bonchev–Trinajstić information content (AvgIpc) is 3.30. The van der Waals surface area contributed by atoms with Crippen LogP contribution in [0.25, 0.3) is 11.1 Å². The first-order valence-electron chi connectivity index (χ1n) is 12.1. The number of hydrogen-bond acceptors (Lipinski definition) is 4. The Morgan fingerprint density at radius 2 is 1.97 bits per heavy atom. The topological polar surface area (TPSA) is 80.4 Å². The number of furan rings is 1. The second-order valence-electron chi connectivity index (χ2n) is 9.76. The maximum absolute atomic E-state index is 13.8. The summed E-state index contributed by atoms with van der Waals surface area (Å²) in [6.45, 7) is 4.50. The van der Waals surface area contributed by atoms with Gasteiger partial charge in [-0.05, 0) is 38.3 Å². The lowest BCUT2D eigenvalue weighted by Gasteiger charge is -2.44. The highest BCUT2D eigenvalue weighted by molar-refractivity contribution is 6.03. The molecule has 2 aliphatic rings. The van der Waals surface area contributed by atoms with Crippen molar-refractivity contribution in [3.05, 3.63) is 53.7 Å². The molecular weight excluding hydrogens is 416 g/mol. The molecule has 4 heterocycles. The summed E-state index contributed by atoms with van der Waals surface area (Å²) in [4.78, 5) is 33.5. The normalized spacial score (nSPS) is 22.1. The van der Waals surface area contributed by atoms with E-state index in [1.165, 1.54) is 19.3 Å². The van der Waals surface area contributed by atoms with Gasteiger partial charge in [-0.15, -0.1) is 0 Å². The minimum absolute atomic E-state index is 0.0852. The number of carbonyl (C=O) groups excluding carboxylic acids is 2. The van der Waals surface area contributed by atoms with Gasteiger partial charge in [-0.1, -0.05) is 38.2 Å². The molecular formula is C26H32N4O3. The van der Waals surface area contributed by atoms with Gasteiger partial charge in [-0.2, -0.15) is 0 Å². The van der Waals surface area contributed by atoms with Gasteiger partial charge < -0.3 is 19.2 Å². The van der Waals surface area contributed by atoms with Crippen molar-refractivity contribution >= 4 is 22.9 Å². The summed E-state index contributed by atoms with van der Waals surface area (Å²) >= 11 is 0. The molecule has 0 aromatic carbocycles. The van der Waals surface area contributed by atoms with Gasteiger partial charge in [-0.3, -0.25) is 14.6 Å². The van der Waals surface area contributed by atoms with Crippen molar-refractivity contribution in [3.63, 3.8) is 0 Å². The lowest BCUT2D eigenvalue weighted by atomic mass is 9.91. The van der Waals surface area contributed by atoms with Gasteiger partial charge in [0.25, 0.3) is 5.91 Å². The Morgan fingerprint density at radius 1 is 1.21 bits per heavy atom. The molecule has 1 saturated carbocycles. The first-order chi connectivity index (χ1) is 16.0. The third-order valence-electron chi connectivity index (χ3n) is 7.23. The predicted molar refractivity (Wildman–Crippen MR) is 126 cm³/mol. The Kier molecular flexibility index (Phi) is 5.72. The van der Waals surface area contributed by atoms with Crippen LogP contribution in [0, 0.1) is 6.92 Å². The van der Waals surface area contributed by atoms with E-state index in [4.69, 9.17) is 4.42 Å². The SMILES string of the molecule is Cc1cc2c(cc3n2CC(C)(C(=O)NC2CCCCCCC2)N(Cc2cccnc2)C3=O)o1. The summed E-state index contributed by atoms with van der Waals surface area (Å²) in [5.41, 5.74) is 1.97. The largest absolute Gasteiger partial charge is 0.460 e. The molecule has 3 aromatic heterocycles. The molecule has 0 bridgehead atoms. The van der Waals surface area contributed by atoms with Crippen molar-refractivity contribution in [1.82, 2.24) is 19.8 Å². The number of nitrogens with one attached hydrogen (secondary N) is 1. The molecule has 1 fully saturated rings. The van der Waals surface area contributed by atoms with Crippen molar-refractivity contribution in [2.75, 3.05) is 0 Å². The fourth-order valence-corrected chi connectivity index (χ4v) is 5.32. The van der Waals surface area contributed by atoms with Crippen LogP contribution < -0.4 is 5.32 Å². The lowest BCUT2D eigenvalue weighted by molar-refractivity contribution is -0.134. The first-order valence-corrected chi connectivity index (χ1v) is 12.1. The van der Waals surface area contributed by atoms with E-state index in [-0.39, 0.29) is 17.9 Å². The zero-order valence-corrected chi connectivity index (χ0v) is 19.5. The second-order valence-corrected chi connectivity index (χ2v) is 9.76. The van der Waals surface area contributed by atoms with E-state index in [0.29, 0.717) is 24.4 Å². The van der Waals surface area contributed by atoms with E-state index in [2.05, 4.69) is 10.3 Å². The van der Waals surface area contributed by atoms with Gasteiger partial charge in [0.15, 0.2) is 5.58 Å². The smallest absolute Gasteiger partial charge is 0.271 e. The highest BCUT2D eigenvalue weighted by Crippen LogP contribution is 2.35. The molecule has 1 N–H and O–H groups in total. The van der Waals surface area contributed by atoms with Gasteiger partial charge in [0.05, 0.1) is 12.1 Å². The number of nitrogens with zero attached hydrogens (tertiary/aromatic N) is 3. The molecule has 1 atom stereocenters. The molecule has 33 heavy (non-hydrogen) atoms. The molecule has 1 unspecified atom stereocenters. The maximum Gasteiger partial charge on any atom is 0.271 e. The molecule has 0 spiro atoms. The third kappa shape index (κ3) is 4.05. The zero-order valence-electron chi connectivity index (χ0n) is 19.5. The molecule has 1 aliphatic carbocycles. The summed E-state index contributed by atoms with van der Waals surface area (Å²) in [5.74, 6) is 0.545. The Balaban J connectivity index is 1.50.